The SMILES string of the molecule is CS(=O)(=O)N(Cc1ccccn1)Cc1ccc(C(=O)NNC(=O)C(F)(F)F)cn1. The number of hydrogen-bond donors (Lipinski definition) is 2. The minimum atomic E-state index is -5.14. The van der Waals surface area contributed by atoms with E-state index in [0.29, 0.717) is 11.4 Å². The minimum absolute atomic E-state index is 0.00701. The molecule has 0 saturated heterocycles. The first-order valence-electron chi connectivity index (χ1n) is 7.94. The van der Waals surface area contributed by atoms with Crippen LogP contribution in [0.3, 0.4) is 0 Å². The first-order chi connectivity index (χ1) is 13.5. The van der Waals surface area contributed by atoms with Gasteiger partial charge in [0.15, 0.2) is 0 Å². The van der Waals surface area contributed by atoms with Crippen LogP contribution in [-0.2, 0) is 27.9 Å². The van der Waals surface area contributed by atoms with Gasteiger partial charge in [-0.2, -0.15) is 17.5 Å². The maximum Gasteiger partial charge on any atom is 0.472 e. The number of nitrogens with zero attached hydrogens (tertiary/aromatic N) is 3. The lowest BCUT2D eigenvalue weighted by Gasteiger charge is -2.19. The summed E-state index contributed by atoms with van der Waals surface area (Å²) in [5.41, 5.74) is 3.52. The van der Waals surface area contributed by atoms with E-state index in [1.54, 1.807) is 23.6 Å². The van der Waals surface area contributed by atoms with Crippen molar-refractivity contribution in [3.05, 3.63) is 59.7 Å². The molecule has 9 nitrogen and oxygen atoms in total. The number of aromatic nitrogens is 2. The van der Waals surface area contributed by atoms with Crippen LogP contribution in [0.25, 0.3) is 0 Å². The topological polar surface area (TPSA) is 121 Å². The van der Waals surface area contributed by atoms with Gasteiger partial charge in [0.05, 0.1) is 36.3 Å². The standard InChI is InChI=1S/C16H16F3N5O4S/c1-29(27,28)24(9-12-4-2-3-7-20-12)10-13-6-5-11(8-21-13)14(25)22-23-15(26)16(17,18)19/h2-8H,9-10H2,1H3,(H,22,25)(H,23,26). The molecule has 0 bridgehead atoms. The highest BCUT2D eigenvalue weighted by Gasteiger charge is 2.39. The van der Waals surface area contributed by atoms with Crippen LogP contribution in [0.15, 0.2) is 42.7 Å². The van der Waals surface area contributed by atoms with E-state index in [0.717, 1.165) is 16.8 Å². The lowest BCUT2D eigenvalue weighted by molar-refractivity contribution is -0.174. The highest BCUT2D eigenvalue weighted by atomic mass is 32.2. The van der Waals surface area contributed by atoms with Crippen LogP contribution in [0.1, 0.15) is 21.7 Å². The third kappa shape index (κ3) is 6.80. The summed E-state index contributed by atoms with van der Waals surface area (Å²) < 4.78 is 61.5. The minimum Gasteiger partial charge on any atom is -0.267 e. The molecule has 13 heteroatoms. The summed E-state index contributed by atoms with van der Waals surface area (Å²) in [6.45, 7) is -0.102. The summed E-state index contributed by atoms with van der Waals surface area (Å²) in [7, 11) is -3.60. The second-order valence-corrected chi connectivity index (χ2v) is 7.78. The molecule has 2 N–H and O–H groups in total. The number of alkyl halides is 3. The monoisotopic (exact) mass is 431 g/mol. The molecular weight excluding hydrogens is 415 g/mol. The van der Waals surface area contributed by atoms with Gasteiger partial charge in [-0.25, -0.2) is 8.42 Å². The maximum atomic E-state index is 12.1. The highest BCUT2D eigenvalue weighted by Crippen LogP contribution is 2.14. The van der Waals surface area contributed by atoms with Crippen molar-refractivity contribution in [2.24, 2.45) is 0 Å². The number of carbonyl (C=O) groups excluding carboxylic acids is 2. The summed E-state index contributed by atoms with van der Waals surface area (Å²) in [5.74, 6) is -3.34. The number of sulfonamides is 1. The zero-order valence-corrected chi connectivity index (χ0v) is 15.8. The molecule has 2 aromatic rings. The molecule has 0 radical (unpaired) electrons. The van der Waals surface area contributed by atoms with Gasteiger partial charge in [-0.1, -0.05) is 6.07 Å². The lowest BCUT2D eigenvalue weighted by Crippen LogP contribution is -2.47. The smallest absolute Gasteiger partial charge is 0.267 e. The number of carbonyl (C=O) groups is 2. The molecule has 0 aliphatic carbocycles. The fourth-order valence-corrected chi connectivity index (χ4v) is 2.79. The van der Waals surface area contributed by atoms with Gasteiger partial charge >= 0.3 is 12.1 Å². The Bertz CT molecular complexity index is 966. The van der Waals surface area contributed by atoms with Crippen LogP contribution in [0.4, 0.5) is 13.2 Å². The Morgan fingerprint density at radius 1 is 1.03 bits per heavy atom. The molecule has 0 unspecified atom stereocenters. The van der Waals surface area contributed by atoms with Crippen LogP contribution in [0.2, 0.25) is 0 Å². The molecule has 0 atom stereocenters. The molecule has 0 spiro atoms. The predicted molar refractivity (Wildman–Crippen MR) is 94.2 cm³/mol. The maximum absolute atomic E-state index is 12.1. The fourth-order valence-electron chi connectivity index (χ4n) is 2.05. The van der Waals surface area contributed by atoms with E-state index in [1.807, 2.05) is 0 Å². The molecule has 2 amide bonds. The average molecular weight is 431 g/mol. The van der Waals surface area contributed by atoms with Crippen molar-refractivity contribution < 1.29 is 31.2 Å². The number of hydrogen-bond acceptors (Lipinski definition) is 6. The van der Waals surface area contributed by atoms with Crippen LogP contribution in [0, 0.1) is 0 Å². The molecule has 2 aromatic heterocycles. The Balaban J connectivity index is 2.04. The van der Waals surface area contributed by atoms with Crippen molar-refractivity contribution in [1.82, 2.24) is 25.1 Å². The number of amides is 2. The van der Waals surface area contributed by atoms with Gasteiger partial charge in [0.2, 0.25) is 10.0 Å². The first kappa shape index (κ1) is 22.2. The van der Waals surface area contributed by atoms with Gasteiger partial charge in [0.1, 0.15) is 0 Å². The third-order valence-corrected chi connectivity index (χ3v) is 4.70. The van der Waals surface area contributed by atoms with E-state index in [-0.39, 0.29) is 18.7 Å². The number of hydrazine groups is 1. The summed E-state index contributed by atoms with van der Waals surface area (Å²) in [5, 5.41) is 0. The van der Waals surface area contributed by atoms with E-state index in [2.05, 4.69) is 9.97 Å². The number of nitrogens with one attached hydrogen (secondary N) is 2. The molecule has 0 fully saturated rings. The Hall–Kier alpha value is -3.06. The summed E-state index contributed by atoms with van der Waals surface area (Å²) in [6.07, 6.45) is -1.54. The van der Waals surface area contributed by atoms with Crippen molar-refractivity contribution >= 4 is 21.8 Å². The molecule has 0 aliphatic rings. The van der Waals surface area contributed by atoms with Crippen LogP contribution < -0.4 is 10.9 Å². The van der Waals surface area contributed by atoms with Crippen molar-refractivity contribution in [3.8, 4) is 0 Å². The van der Waals surface area contributed by atoms with Crippen LogP contribution in [-0.4, -0.2) is 46.9 Å². The van der Waals surface area contributed by atoms with Crippen molar-refractivity contribution in [3.63, 3.8) is 0 Å². The molecule has 0 saturated carbocycles. The zero-order chi connectivity index (χ0) is 21.7. The van der Waals surface area contributed by atoms with Crippen LogP contribution >= 0.6 is 0 Å². The summed E-state index contributed by atoms with van der Waals surface area (Å²) in [6, 6.07) is 7.65. The Morgan fingerprint density at radius 3 is 2.17 bits per heavy atom. The van der Waals surface area contributed by atoms with Gasteiger partial charge < -0.3 is 0 Å². The average Bonchev–Trinajstić information content (AvgIpc) is 2.65. The van der Waals surface area contributed by atoms with E-state index in [9.17, 15) is 31.2 Å². The lowest BCUT2D eigenvalue weighted by atomic mass is 10.2. The largest absolute Gasteiger partial charge is 0.472 e. The zero-order valence-electron chi connectivity index (χ0n) is 15.0. The summed E-state index contributed by atoms with van der Waals surface area (Å²) >= 11 is 0. The Kier molecular flexibility index (Phi) is 6.87. The van der Waals surface area contributed by atoms with Crippen molar-refractivity contribution in [2.45, 2.75) is 19.3 Å². The van der Waals surface area contributed by atoms with Gasteiger partial charge in [0, 0.05) is 12.4 Å². The molecule has 2 rings (SSSR count). The number of rotatable bonds is 6. The number of pyridine rings is 2. The van der Waals surface area contributed by atoms with E-state index < -0.39 is 28.0 Å². The predicted octanol–water partition coefficient (Wildman–Crippen LogP) is 0.762. The second kappa shape index (κ2) is 8.96. The fraction of sp³-hybridized carbons (Fsp3) is 0.250. The molecule has 0 aromatic carbocycles. The van der Waals surface area contributed by atoms with E-state index in [4.69, 9.17) is 0 Å². The molecule has 29 heavy (non-hydrogen) atoms. The summed E-state index contributed by atoms with van der Waals surface area (Å²) in [4.78, 5) is 30.5. The van der Waals surface area contributed by atoms with Gasteiger partial charge in [-0.3, -0.25) is 30.4 Å². The normalized spacial score (nSPS) is 11.9. The first-order valence-corrected chi connectivity index (χ1v) is 9.79. The van der Waals surface area contributed by atoms with Gasteiger partial charge in [0.25, 0.3) is 5.91 Å². The van der Waals surface area contributed by atoms with E-state index in [1.165, 1.54) is 23.8 Å². The Morgan fingerprint density at radius 2 is 1.69 bits per heavy atom. The highest BCUT2D eigenvalue weighted by molar-refractivity contribution is 7.88. The molecule has 156 valence electrons. The van der Waals surface area contributed by atoms with Crippen LogP contribution in [0.5, 0.6) is 0 Å². The number of halogens is 3. The van der Waals surface area contributed by atoms with E-state index >= 15 is 0 Å². The molecule has 2 heterocycles. The third-order valence-electron chi connectivity index (χ3n) is 3.51. The molecular formula is C16H16F3N5O4S. The molecule has 0 aliphatic heterocycles. The Labute approximate surface area is 164 Å². The van der Waals surface area contributed by atoms with Crippen molar-refractivity contribution in [2.75, 3.05) is 6.26 Å². The van der Waals surface area contributed by atoms with Gasteiger partial charge in [-0.05, 0) is 24.3 Å². The van der Waals surface area contributed by atoms with Crippen molar-refractivity contribution in [1.29, 1.82) is 0 Å². The second-order valence-electron chi connectivity index (χ2n) is 5.80. The van der Waals surface area contributed by atoms with Gasteiger partial charge in [-0.15, -0.1) is 0 Å². The quantitative estimate of drug-likeness (QED) is 0.652.